The molecule has 38 heavy (non-hydrogen) atoms. The Morgan fingerprint density at radius 2 is 1.34 bits per heavy atom. The van der Waals surface area contributed by atoms with Gasteiger partial charge >= 0.3 is 5.97 Å². The predicted octanol–water partition coefficient (Wildman–Crippen LogP) is 6.94. The molecular formula is C28H25N3O7. The Labute approximate surface area is 218 Å². The van der Waals surface area contributed by atoms with E-state index in [9.17, 15) is 9.59 Å². The van der Waals surface area contributed by atoms with Crippen LogP contribution in [0.25, 0.3) is 39.2 Å². The average Bonchev–Trinajstić information content (AvgIpc) is 3.63. The smallest absolute Gasteiger partial charge is 0.340 e. The lowest BCUT2D eigenvalue weighted by molar-refractivity contribution is -0.138. The van der Waals surface area contributed by atoms with Gasteiger partial charge in [-0.05, 0) is 91.3 Å². The maximum Gasteiger partial charge on any atom is 0.340 e. The number of hydrogen-bond donors (Lipinski definition) is 0. The average molecular weight is 516 g/mol. The van der Waals surface area contributed by atoms with Crippen molar-refractivity contribution < 1.29 is 32.6 Å². The highest BCUT2D eigenvalue weighted by atomic mass is 16.5. The van der Waals surface area contributed by atoms with Gasteiger partial charge in [0.25, 0.3) is 0 Å². The van der Waals surface area contributed by atoms with Gasteiger partial charge in [-0.25, -0.2) is 4.79 Å². The van der Waals surface area contributed by atoms with Crippen LogP contribution in [0.2, 0.25) is 0 Å². The Morgan fingerprint density at radius 3 is 1.76 bits per heavy atom. The second-order valence-electron chi connectivity index (χ2n) is 7.42. The first-order valence-electron chi connectivity index (χ1n) is 11.4. The number of carbonyl (C=O) groups excluding carboxylic acids is 2. The lowest BCUT2D eigenvalue weighted by Gasteiger charge is -2.01. The highest BCUT2D eigenvalue weighted by Crippen LogP contribution is 2.26. The Bertz CT molecular complexity index is 1430. The minimum Gasteiger partial charge on any atom is -0.497 e. The molecule has 0 amide bonds. The number of ether oxygens (including phenoxy) is 3. The maximum absolute atomic E-state index is 11.7. The van der Waals surface area contributed by atoms with E-state index in [4.69, 9.17) is 28.6 Å². The minimum atomic E-state index is -0.701. The molecular weight excluding hydrogens is 490 g/mol. The van der Waals surface area contributed by atoms with Crippen molar-refractivity contribution in [1.29, 1.82) is 0 Å². The van der Waals surface area contributed by atoms with Gasteiger partial charge in [0, 0.05) is 16.0 Å². The second-order valence-corrected chi connectivity index (χ2v) is 7.42. The SMILES string of the molecule is CCOC(=O)/C(=C/c1ccc(-c2ccc(OC)cc2)o1)N=[N+]=[N-].COc1ccc(-c2ccc(C=O)o2)cc1. The molecule has 4 rings (SSSR count). The third-order valence-corrected chi connectivity index (χ3v) is 5.03. The number of hydrogen-bond acceptors (Lipinski definition) is 8. The Hall–Kier alpha value is -5.21. The molecule has 2 aromatic heterocycles. The first-order chi connectivity index (χ1) is 18.5. The molecule has 10 nitrogen and oxygen atoms in total. The van der Waals surface area contributed by atoms with Gasteiger partial charge in [-0.3, -0.25) is 4.79 Å². The van der Waals surface area contributed by atoms with Crippen molar-refractivity contribution >= 4 is 18.3 Å². The van der Waals surface area contributed by atoms with Crippen LogP contribution in [0.5, 0.6) is 11.5 Å². The molecule has 0 atom stereocenters. The van der Waals surface area contributed by atoms with Crippen molar-refractivity contribution in [2.75, 3.05) is 20.8 Å². The summed E-state index contributed by atoms with van der Waals surface area (Å²) < 4.78 is 25.9. The van der Waals surface area contributed by atoms with Gasteiger partial charge in [0.05, 0.1) is 20.8 Å². The Balaban J connectivity index is 0.000000230. The van der Waals surface area contributed by atoms with Crippen LogP contribution >= 0.6 is 0 Å². The van der Waals surface area contributed by atoms with Gasteiger partial charge in [0.2, 0.25) is 0 Å². The molecule has 0 N–H and O–H groups in total. The molecule has 10 heteroatoms. The van der Waals surface area contributed by atoms with E-state index >= 15 is 0 Å². The number of benzene rings is 2. The molecule has 0 bridgehead atoms. The molecule has 0 spiro atoms. The largest absolute Gasteiger partial charge is 0.497 e. The van der Waals surface area contributed by atoms with Crippen molar-refractivity contribution in [3.05, 3.63) is 100 Å². The third-order valence-electron chi connectivity index (χ3n) is 5.03. The van der Waals surface area contributed by atoms with Crippen molar-refractivity contribution in [1.82, 2.24) is 0 Å². The molecule has 0 radical (unpaired) electrons. The van der Waals surface area contributed by atoms with Crippen LogP contribution in [0.1, 0.15) is 23.2 Å². The number of carbonyl (C=O) groups is 2. The van der Waals surface area contributed by atoms with Crippen molar-refractivity contribution in [2.24, 2.45) is 5.11 Å². The van der Waals surface area contributed by atoms with E-state index in [1.54, 1.807) is 45.4 Å². The topological polar surface area (TPSA) is 137 Å². The quantitative estimate of drug-likeness (QED) is 0.0588. The first-order valence-corrected chi connectivity index (χ1v) is 11.4. The molecule has 2 aromatic carbocycles. The highest BCUT2D eigenvalue weighted by molar-refractivity contribution is 5.92. The van der Waals surface area contributed by atoms with E-state index in [2.05, 4.69) is 10.0 Å². The Kier molecular flexibility index (Phi) is 9.92. The summed E-state index contributed by atoms with van der Waals surface area (Å²) in [6.07, 6.45) is 2.03. The molecule has 194 valence electrons. The van der Waals surface area contributed by atoms with E-state index in [1.165, 1.54) is 6.08 Å². The van der Waals surface area contributed by atoms with Gasteiger partial charge in [-0.1, -0.05) is 5.11 Å². The summed E-state index contributed by atoms with van der Waals surface area (Å²) in [5, 5.41) is 3.33. The lowest BCUT2D eigenvalue weighted by atomic mass is 10.2. The normalized spacial score (nSPS) is 10.4. The number of methoxy groups -OCH3 is 2. The van der Waals surface area contributed by atoms with Gasteiger partial charge in [0.15, 0.2) is 12.0 Å². The number of esters is 1. The number of furan rings is 2. The zero-order valence-electron chi connectivity index (χ0n) is 21.0. The number of rotatable bonds is 9. The number of nitrogens with zero attached hydrogens (tertiary/aromatic N) is 3. The van der Waals surface area contributed by atoms with E-state index < -0.39 is 5.97 Å². The number of azide groups is 1. The molecule has 0 fully saturated rings. The van der Waals surface area contributed by atoms with Gasteiger partial charge in [-0.15, -0.1) is 0 Å². The zero-order chi connectivity index (χ0) is 27.3. The standard InChI is InChI=1S/C16H15N3O4.C12H10O3/c1-3-22-16(20)14(18-19-17)10-13-8-9-15(23-13)11-4-6-12(21-2)7-5-11;1-14-10-4-2-9(3-5-10)12-7-6-11(8-13)15-12/h4-10H,3H2,1-2H3;2-8H,1H3/b14-10-;. The van der Waals surface area contributed by atoms with Crippen molar-refractivity contribution in [3.63, 3.8) is 0 Å². The maximum atomic E-state index is 11.7. The van der Waals surface area contributed by atoms with Crippen molar-refractivity contribution in [3.8, 4) is 34.1 Å². The highest BCUT2D eigenvalue weighted by Gasteiger charge is 2.11. The number of aldehydes is 1. The third kappa shape index (κ3) is 7.39. The zero-order valence-corrected chi connectivity index (χ0v) is 21.0. The fourth-order valence-electron chi connectivity index (χ4n) is 3.18. The van der Waals surface area contributed by atoms with Crippen LogP contribution in [0, 0.1) is 0 Å². The van der Waals surface area contributed by atoms with Crippen LogP contribution in [0.3, 0.4) is 0 Å². The summed E-state index contributed by atoms with van der Waals surface area (Å²) >= 11 is 0. The molecule has 0 saturated heterocycles. The van der Waals surface area contributed by atoms with E-state index in [0.29, 0.717) is 29.3 Å². The molecule has 0 saturated carbocycles. The van der Waals surface area contributed by atoms with Crippen LogP contribution in [-0.4, -0.2) is 33.1 Å². The molecule has 0 aliphatic rings. The summed E-state index contributed by atoms with van der Waals surface area (Å²) in [5.41, 5.74) is 10.1. The molecule has 0 aliphatic carbocycles. The first kappa shape index (κ1) is 27.4. The predicted molar refractivity (Wildman–Crippen MR) is 141 cm³/mol. The van der Waals surface area contributed by atoms with Crippen LogP contribution in [0.4, 0.5) is 0 Å². The summed E-state index contributed by atoms with van der Waals surface area (Å²) in [6, 6.07) is 21.6. The lowest BCUT2D eigenvalue weighted by Crippen LogP contribution is -2.05. The van der Waals surface area contributed by atoms with E-state index in [0.717, 1.165) is 22.6 Å². The summed E-state index contributed by atoms with van der Waals surface area (Å²) in [7, 11) is 3.21. The molecule has 0 unspecified atom stereocenters. The molecule has 4 aromatic rings. The summed E-state index contributed by atoms with van der Waals surface area (Å²) in [5.74, 6) is 2.84. The van der Waals surface area contributed by atoms with Gasteiger partial charge in [0.1, 0.15) is 34.5 Å². The van der Waals surface area contributed by atoms with Crippen LogP contribution < -0.4 is 9.47 Å². The summed E-state index contributed by atoms with van der Waals surface area (Å²) in [4.78, 5) is 24.7. The minimum absolute atomic E-state index is 0.162. The van der Waals surface area contributed by atoms with Gasteiger partial charge < -0.3 is 23.0 Å². The monoisotopic (exact) mass is 515 g/mol. The van der Waals surface area contributed by atoms with Crippen molar-refractivity contribution in [2.45, 2.75) is 6.92 Å². The van der Waals surface area contributed by atoms with Crippen LogP contribution in [-0.2, 0) is 9.53 Å². The fourth-order valence-corrected chi connectivity index (χ4v) is 3.18. The van der Waals surface area contributed by atoms with E-state index in [-0.39, 0.29) is 12.3 Å². The fraction of sp³-hybridized carbons (Fsp3) is 0.143. The Morgan fingerprint density at radius 1 is 0.842 bits per heavy atom. The molecule has 0 aliphatic heterocycles. The van der Waals surface area contributed by atoms with E-state index in [1.807, 2.05) is 48.5 Å². The summed E-state index contributed by atoms with van der Waals surface area (Å²) in [6.45, 7) is 1.85. The van der Waals surface area contributed by atoms with Gasteiger partial charge in [-0.2, -0.15) is 0 Å². The van der Waals surface area contributed by atoms with Crippen LogP contribution in [0.15, 0.2) is 92.4 Å². The second kappa shape index (κ2) is 13.8. The molecule has 2 heterocycles.